The lowest BCUT2D eigenvalue weighted by Crippen LogP contribution is -2.26. The largest absolute Gasteiger partial charge is 0.469 e. The third-order valence-electron chi connectivity index (χ3n) is 2.66. The average Bonchev–Trinajstić information content (AvgIpc) is 2.36. The molecule has 94 valence electrons. The number of halogens is 1. The van der Waals surface area contributed by atoms with Crippen LogP contribution in [0.3, 0.4) is 0 Å². The second-order valence-electron chi connectivity index (χ2n) is 3.79. The van der Waals surface area contributed by atoms with Crippen molar-refractivity contribution in [1.82, 2.24) is 4.90 Å². The van der Waals surface area contributed by atoms with Gasteiger partial charge in [0.25, 0.3) is 0 Å². The Morgan fingerprint density at radius 1 is 1.41 bits per heavy atom. The van der Waals surface area contributed by atoms with Gasteiger partial charge in [-0.15, -0.1) is 0 Å². The third kappa shape index (κ3) is 4.53. The minimum atomic E-state index is -0.239. The van der Waals surface area contributed by atoms with Gasteiger partial charge in [0.1, 0.15) is 5.82 Å². The van der Waals surface area contributed by atoms with Gasteiger partial charge in [-0.05, 0) is 12.6 Å². The molecule has 0 N–H and O–H groups in total. The van der Waals surface area contributed by atoms with Gasteiger partial charge in [-0.1, -0.05) is 25.1 Å². The number of ether oxygens (including phenoxy) is 1. The van der Waals surface area contributed by atoms with Crippen LogP contribution in [0.1, 0.15) is 18.9 Å². The lowest BCUT2D eigenvalue weighted by molar-refractivity contribution is -0.141. The number of methoxy groups -OCH3 is 1. The van der Waals surface area contributed by atoms with Crippen LogP contribution in [0.5, 0.6) is 0 Å². The maximum atomic E-state index is 13.4. The SMILES string of the molecule is CCN(CCC(=O)OC)Cc1ccccc1F. The summed E-state index contributed by atoms with van der Waals surface area (Å²) < 4.78 is 18.0. The molecule has 0 aliphatic carbocycles. The van der Waals surface area contributed by atoms with Gasteiger partial charge in [-0.3, -0.25) is 9.69 Å². The number of carbonyl (C=O) groups excluding carboxylic acids is 1. The summed E-state index contributed by atoms with van der Waals surface area (Å²) in [6.07, 6.45) is 0.332. The van der Waals surface area contributed by atoms with Gasteiger partial charge < -0.3 is 4.74 Å². The van der Waals surface area contributed by atoms with Gasteiger partial charge in [-0.2, -0.15) is 0 Å². The molecule has 0 fully saturated rings. The Hall–Kier alpha value is -1.42. The molecule has 3 nitrogen and oxygen atoms in total. The number of hydrogen-bond donors (Lipinski definition) is 0. The molecule has 4 heteroatoms. The third-order valence-corrected chi connectivity index (χ3v) is 2.66. The Morgan fingerprint density at radius 3 is 2.71 bits per heavy atom. The van der Waals surface area contributed by atoms with Crippen LogP contribution in [-0.2, 0) is 16.1 Å². The van der Waals surface area contributed by atoms with E-state index in [-0.39, 0.29) is 11.8 Å². The van der Waals surface area contributed by atoms with Crippen LogP contribution in [0, 0.1) is 5.82 Å². The molecule has 1 aromatic carbocycles. The molecule has 1 rings (SSSR count). The molecule has 0 saturated carbocycles. The van der Waals surface area contributed by atoms with Crippen LogP contribution in [-0.4, -0.2) is 31.1 Å². The zero-order valence-corrected chi connectivity index (χ0v) is 10.3. The maximum absolute atomic E-state index is 13.4. The molecule has 0 saturated heterocycles. The highest BCUT2D eigenvalue weighted by Crippen LogP contribution is 2.10. The van der Waals surface area contributed by atoms with Crippen LogP contribution in [0.4, 0.5) is 4.39 Å². The first-order valence-electron chi connectivity index (χ1n) is 5.70. The minimum Gasteiger partial charge on any atom is -0.469 e. The fraction of sp³-hybridized carbons (Fsp3) is 0.462. The van der Waals surface area contributed by atoms with E-state index in [0.29, 0.717) is 25.1 Å². The normalized spacial score (nSPS) is 10.6. The molecule has 17 heavy (non-hydrogen) atoms. The van der Waals surface area contributed by atoms with Gasteiger partial charge in [0, 0.05) is 18.7 Å². The van der Waals surface area contributed by atoms with Crippen molar-refractivity contribution in [3.8, 4) is 0 Å². The second kappa shape index (κ2) is 7.01. The van der Waals surface area contributed by atoms with Crippen LogP contribution >= 0.6 is 0 Å². The molecule has 0 atom stereocenters. The summed E-state index contributed by atoms with van der Waals surface area (Å²) in [6.45, 7) is 3.85. The number of rotatable bonds is 6. The molecule has 1 aromatic rings. The summed E-state index contributed by atoms with van der Waals surface area (Å²) in [5, 5.41) is 0. The molecule has 0 bridgehead atoms. The fourth-order valence-corrected chi connectivity index (χ4v) is 1.57. The van der Waals surface area contributed by atoms with Crippen molar-refractivity contribution in [2.45, 2.75) is 19.9 Å². The lowest BCUT2D eigenvalue weighted by Gasteiger charge is -2.20. The topological polar surface area (TPSA) is 29.5 Å². The highest BCUT2D eigenvalue weighted by molar-refractivity contribution is 5.69. The molecule has 0 heterocycles. The van der Waals surface area contributed by atoms with Crippen molar-refractivity contribution in [2.24, 2.45) is 0 Å². The van der Waals surface area contributed by atoms with E-state index in [0.717, 1.165) is 6.54 Å². The van der Waals surface area contributed by atoms with E-state index in [9.17, 15) is 9.18 Å². The number of benzene rings is 1. The van der Waals surface area contributed by atoms with Crippen molar-refractivity contribution in [3.63, 3.8) is 0 Å². The van der Waals surface area contributed by atoms with E-state index in [1.54, 1.807) is 12.1 Å². The fourth-order valence-electron chi connectivity index (χ4n) is 1.57. The zero-order valence-electron chi connectivity index (χ0n) is 10.3. The lowest BCUT2D eigenvalue weighted by atomic mass is 10.2. The first-order valence-corrected chi connectivity index (χ1v) is 5.70. The Morgan fingerprint density at radius 2 is 2.12 bits per heavy atom. The van der Waals surface area contributed by atoms with Crippen molar-refractivity contribution >= 4 is 5.97 Å². The van der Waals surface area contributed by atoms with Gasteiger partial charge in [-0.25, -0.2) is 4.39 Å². The molecular formula is C13H18FNO2. The molecule has 0 aromatic heterocycles. The van der Waals surface area contributed by atoms with Crippen molar-refractivity contribution in [2.75, 3.05) is 20.2 Å². The Balaban J connectivity index is 2.52. The van der Waals surface area contributed by atoms with E-state index in [1.165, 1.54) is 13.2 Å². The van der Waals surface area contributed by atoms with E-state index >= 15 is 0 Å². The molecule has 0 amide bonds. The highest BCUT2D eigenvalue weighted by atomic mass is 19.1. The molecular weight excluding hydrogens is 221 g/mol. The summed E-state index contributed by atoms with van der Waals surface area (Å²) in [5.41, 5.74) is 0.652. The van der Waals surface area contributed by atoms with Crippen LogP contribution in [0.2, 0.25) is 0 Å². The van der Waals surface area contributed by atoms with E-state index in [1.807, 2.05) is 17.9 Å². The highest BCUT2D eigenvalue weighted by Gasteiger charge is 2.09. The smallest absolute Gasteiger partial charge is 0.306 e. The summed E-state index contributed by atoms with van der Waals surface area (Å²) in [7, 11) is 1.37. The van der Waals surface area contributed by atoms with E-state index in [4.69, 9.17) is 0 Å². The monoisotopic (exact) mass is 239 g/mol. The van der Waals surface area contributed by atoms with Crippen LogP contribution in [0.25, 0.3) is 0 Å². The van der Waals surface area contributed by atoms with Crippen molar-refractivity contribution in [1.29, 1.82) is 0 Å². The second-order valence-corrected chi connectivity index (χ2v) is 3.79. The number of esters is 1. The maximum Gasteiger partial charge on any atom is 0.306 e. The van der Waals surface area contributed by atoms with Crippen LogP contribution in [0.15, 0.2) is 24.3 Å². The number of nitrogens with zero attached hydrogens (tertiary/aromatic N) is 1. The predicted octanol–water partition coefficient (Wildman–Crippen LogP) is 2.21. The van der Waals surface area contributed by atoms with Crippen molar-refractivity contribution in [3.05, 3.63) is 35.6 Å². The Labute approximate surface area is 101 Å². The van der Waals surface area contributed by atoms with Gasteiger partial charge >= 0.3 is 5.97 Å². The molecule has 0 aliphatic heterocycles. The summed E-state index contributed by atoms with van der Waals surface area (Å²) >= 11 is 0. The van der Waals surface area contributed by atoms with Gasteiger partial charge in [0.2, 0.25) is 0 Å². The number of carbonyl (C=O) groups is 1. The van der Waals surface area contributed by atoms with E-state index in [2.05, 4.69) is 4.74 Å². The molecule has 0 unspecified atom stereocenters. The van der Waals surface area contributed by atoms with Crippen molar-refractivity contribution < 1.29 is 13.9 Å². The number of hydrogen-bond acceptors (Lipinski definition) is 3. The molecule has 0 aliphatic rings. The minimum absolute atomic E-state index is 0.205. The first kappa shape index (κ1) is 13.6. The Kier molecular flexibility index (Phi) is 5.63. The summed E-state index contributed by atoms with van der Waals surface area (Å²) in [4.78, 5) is 13.0. The molecule has 0 spiro atoms. The van der Waals surface area contributed by atoms with Gasteiger partial charge in [0.05, 0.1) is 13.5 Å². The Bertz CT molecular complexity index is 368. The summed E-state index contributed by atoms with van der Waals surface area (Å²) in [5.74, 6) is -0.444. The standard InChI is InChI=1S/C13H18FNO2/c1-3-15(9-8-13(16)17-2)10-11-6-4-5-7-12(11)14/h4-7H,3,8-10H2,1-2H3. The molecule has 0 radical (unpaired) electrons. The van der Waals surface area contributed by atoms with E-state index < -0.39 is 0 Å². The zero-order chi connectivity index (χ0) is 12.7. The quantitative estimate of drug-likeness (QED) is 0.713. The predicted molar refractivity (Wildman–Crippen MR) is 64.0 cm³/mol. The van der Waals surface area contributed by atoms with Crippen LogP contribution < -0.4 is 0 Å². The van der Waals surface area contributed by atoms with Gasteiger partial charge in [0.15, 0.2) is 0 Å². The first-order chi connectivity index (χ1) is 8.17. The average molecular weight is 239 g/mol. The summed E-state index contributed by atoms with van der Waals surface area (Å²) in [6, 6.07) is 6.69.